The minimum absolute atomic E-state index is 0.0310. The van der Waals surface area contributed by atoms with E-state index in [1.807, 2.05) is 12.1 Å². The highest BCUT2D eigenvalue weighted by Gasteiger charge is 2.35. The average molecular weight is 473 g/mol. The number of nitriles is 2. The molecule has 0 aliphatic heterocycles. The van der Waals surface area contributed by atoms with Gasteiger partial charge in [-0.3, -0.25) is 4.68 Å². The van der Waals surface area contributed by atoms with Crippen LogP contribution in [0.3, 0.4) is 0 Å². The number of rotatable bonds is 4. The Labute approximate surface area is 191 Å². The van der Waals surface area contributed by atoms with Gasteiger partial charge in [0.15, 0.2) is 0 Å². The number of aromatic nitrogens is 3. The van der Waals surface area contributed by atoms with Crippen molar-refractivity contribution in [1.82, 2.24) is 14.8 Å². The van der Waals surface area contributed by atoms with E-state index >= 15 is 0 Å². The summed E-state index contributed by atoms with van der Waals surface area (Å²) < 4.78 is 40.9. The van der Waals surface area contributed by atoms with Gasteiger partial charge in [-0.25, -0.2) is 4.98 Å². The molecule has 1 aromatic carbocycles. The van der Waals surface area contributed by atoms with E-state index in [9.17, 15) is 28.8 Å². The van der Waals surface area contributed by atoms with Crippen molar-refractivity contribution < 1.29 is 18.3 Å². The Hall–Kier alpha value is -3.60. The number of anilines is 1. The second-order valence-corrected chi connectivity index (χ2v) is 8.30. The van der Waals surface area contributed by atoms with Gasteiger partial charge in [0, 0.05) is 17.3 Å². The molecule has 4 rings (SSSR count). The lowest BCUT2D eigenvalue weighted by molar-refractivity contribution is -0.137. The zero-order chi connectivity index (χ0) is 24.0. The van der Waals surface area contributed by atoms with E-state index in [1.54, 1.807) is 6.20 Å². The van der Waals surface area contributed by atoms with Gasteiger partial charge in [-0.2, -0.15) is 28.8 Å². The largest absolute Gasteiger partial charge is 0.417 e. The third-order valence-electron chi connectivity index (χ3n) is 5.66. The molecule has 0 amide bonds. The van der Waals surface area contributed by atoms with Gasteiger partial charge in [-0.05, 0) is 37.0 Å². The molecule has 0 unspecified atom stereocenters. The van der Waals surface area contributed by atoms with E-state index in [0.717, 1.165) is 24.6 Å². The molecule has 0 radical (unpaired) electrons. The molecule has 0 bridgehead atoms. The van der Waals surface area contributed by atoms with Crippen molar-refractivity contribution in [3.8, 4) is 34.5 Å². The van der Waals surface area contributed by atoms with Gasteiger partial charge in [0.1, 0.15) is 23.5 Å². The average Bonchev–Trinajstić information content (AvgIpc) is 3.18. The number of hydrogen-bond donors (Lipinski definition) is 2. The Morgan fingerprint density at radius 2 is 1.88 bits per heavy atom. The van der Waals surface area contributed by atoms with Gasteiger partial charge in [0.05, 0.1) is 40.2 Å². The fourth-order valence-electron chi connectivity index (χ4n) is 3.84. The summed E-state index contributed by atoms with van der Waals surface area (Å²) in [6.07, 6.45) is 0.622. The van der Waals surface area contributed by atoms with Crippen LogP contribution in [0.25, 0.3) is 22.4 Å². The summed E-state index contributed by atoms with van der Waals surface area (Å²) in [6, 6.07) is 6.82. The van der Waals surface area contributed by atoms with Gasteiger partial charge in [-0.1, -0.05) is 17.7 Å². The summed E-state index contributed by atoms with van der Waals surface area (Å²) in [5, 5.41) is 33.5. The van der Waals surface area contributed by atoms with Crippen molar-refractivity contribution in [2.45, 2.75) is 37.6 Å². The summed E-state index contributed by atoms with van der Waals surface area (Å²) in [7, 11) is 0. The van der Waals surface area contributed by atoms with Crippen LogP contribution in [0, 0.1) is 22.7 Å². The van der Waals surface area contributed by atoms with Crippen LogP contribution in [0.5, 0.6) is 0 Å². The summed E-state index contributed by atoms with van der Waals surface area (Å²) >= 11 is 5.87. The van der Waals surface area contributed by atoms with Crippen molar-refractivity contribution in [3.63, 3.8) is 0 Å². The van der Waals surface area contributed by atoms with E-state index in [2.05, 4.69) is 10.1 Å². The van der Waals surface area contributed by atoms with E-state index < -0.39 is 22.4 Å². The predicted molar refractivity (Wildman–Crippen MR) is 114 cm³/mol. The van der Waals surface area contributed by atoms with Crippen LogP contribution in [0.15, 0.2) is 30.6 Å². The van der Waals surface area contributed by atoms with Crippen LogP contribution in [0.1, 0.15) is 36.0 Å². The molecule has 0 spiro atoms. The monoisotopic (exact) mass is 472 g/mol. The molecule has 3 N–H and O–H groups in total. The van der Waals surface area contributed by atoms with E-state index in [1.165, 1.54) is 10.9 Å². The molecule has 0 atom stereocenters. The first-order valence-electron chi connectivity index (χ1n) is 9.82. The minimum Gasteiger partial charge on any atom is -0.388 e. The molecule has 0 saturated heterocycles. The predicted octanol–water partition coefficient (Wildman–Crippen LogP) is 4.52. The number of pyridine rings is 1. The quantitative estimate of drug-likeness (QED) is 0.575. The highest BCUT2D eigenvalue weighted by Crippen LogP contribution is 2.41. The number of nitrogens with zero attached hydrogens (tertiary/aromatic N) is 5. The van der Waals surface area contributed by atoms with Crippen molar-refractivity contribution in [3.05, 3.63) is 52.3 Å². The van der Waals surface area contributed by atoms with Crippen molar-refractivity contribution in [2.24, 2.45) is 0 Å². The third kappa shape index (κ3) is 4.11. The standard InChI is InChI=1S/C22H16ClF3N6O/c23-17-6-12(2-3-16(17)22(24,25)26)18-14(7-27)19(31-20(29)15(18)8-28)13-9-30-32(10-13)11-21(33)4-1-5-21/h2-3,6,9-10,33H,1,4-5,11H2,(H2,29,31). The lowest BCUT2D eigenvalue weighted by Gasteiger charge is -2.36. The van der Waals surface area contributed by atoms with E-state index in [4.69, 9.17) is 17.3 Å². The molecular weight excluding hydrogens is 457 g/mol. The molecule has 11 heteroatoms. The molecule has 1 saturated carbocycles. The van der Waals surface area contributed by atoms with Gasteiger partial charge < -0.3 is 10.8 Å². The number of hydrogen-bond acceptors (Lipinski definition) is 6. The summed E-state index contributed by atoms with van der Waals surface area (Å²) in [5.41, 5.74) is 4.58. The SMILES string of the molecule is N#Cc1c(N)nc(-c2cnn(CC3(O)CCC3)c2)c(C#N)c1-c1ccc(C(F)(F)F)c(Cl)c1. The molecule has 1 fully saturated rings. The van der Waals surface area contributed by atoms with Crippen LogP contribution in [-0.2, 0) is 12.7 Å². The molecule has 7 nitrogen and oxygen atoms in total. The maximum atomic E-state index is 13.1. The Morgan fingerprint density at radius 1 is 1.18 bits per heavy atom. The first-order chi connectivity index (χ1) is 15.6. The fourth-order valence-corrected chi connectivity index (χ4v) is 4.13. The zero-order valence-corrected chi connectivity index (χ0v) is 17.7. The van der Waals surface area contributed by atoms with Gasteiger partial charge in [0.2, 0.25) is 0 Å². The molecule has 168 valence electrons. The van der Waals surface area contributed by atoms with Crippen LogP contribution in [0.2, 0.25) is 5.02 Å². The van der Waals surface area contributed by atoms with Gasteiger partial charge in [0.25, 0.3) is 0 Å². The normalized spacial score (nSPS) is 14.9. The van der Waals surface area contributed by atoms with Crippen LogP contribution in [-0.4, -0.2) is 25.5 Å². The van der Waals surface area contributed by atoms with Crippen LogP contribution < -0.4 is 5.73 Å². The van der Waals surface area contributed by atoms with Gasteiger partial charge >= 0.3 is 6.18 Å². The lowest BCUT2D eigenvalue weighted by atomic mass is 9.80. The first kappa shape index (κ1) is 22.6. The fraction of sp³-hybridized carbons (Fsp3) is 0.273. The summed E-state index contributed by atoms with van der Waals surface area (Å²) in [6.45, 7) is 0.266. The molecule has 1 aliphatic carbocycles. The highest BCUT2D eigenvalue weighted by atomic mass is 35.5. The number of benzene rings is 1. The van der Waals surface area contributed by atoms with E-state index in [-0.39, 0.29) is 40.3 Å². The van der Waals surface area contributed by atoms with Crippen LogP contribution in [0.4, 0.5) is 19.0 Å². The van der Waals surface area contributed by atoms with Crippen molar-refractivity contribution >= 4 is 17.4 Å². The Balaban J connectivity index is 1.86. The minimum atomic E-state index is -4.66. The molecule has 1 aliphatic rings. The lowest BCUT2D eigenvalue weighted by Crippen LogP contribution is -2.41. The third-order valence-corrected chi connectivity index (χ3v) is 5.97. The number of nitrogen functional groups attached to an aromatic ring is 1. The highest BCUT2D eigenvalue weighted by molar-refractivity contribution is 6.31. The van der Waals surface area contributed by atoms with Gasteiger partial charge in [-0.15, -0.1) is 0 Å². The maximum Gasteiger partial charge on any atom is 0.417 e. The molecule has 3 aromatic rings. The summed E-state index contributed by atoms with van der Waals surface area (Å²) in [5.74, 6) is -0.192. The number of nitrogens with two attached hydrogens (primary N) is 1. The zero-order valence-electron chi connectivity index (χ0n) is 17.0. The number of aliphatic hydroxyl groups is 1. The topological polar surface area (TPSA) is 125 Å². The maximum absolute atomic E-state index is 13.1. The van der Waals surface area contributed by atoms with Crippen molar-refractivity contribution in [2.75, 3.05) is 5.73 Å². The molecule has 33 heavy (non-hydrogen) atoms. The van der Waals surface area contributed by atoms with Crippen molar-refractivity contribution in [1.29, 1.82) is 10.5 Å². The van der Waals surface area contributed by atoms with E-state index in [0.29, 0.717) is 18.4 Å². The van der Waals surface area contributed by atoms with Crippen LogP contribution >= 0.6 is 11.6 Å². The molecule has 2 aromatic heterocycles. The number of halogens is 4. The second kappa shape index (κ2) is 8.07. The second-order valence-electron chi connectivity index (χ2n) is 7.89. The Kier molecular flexibility index (Phi) is 5.52. The number of alkyl halides is 3. The molecular formula is C22H16ClF3N6O. The molecule has 2 heterocycles. The Bertz CT molecular complexity index is 1330. The Morgan fingerprint density at radius 3 is 2.42 bits per heavy atom. The summed E-state index contributed by atoms with van der Waals surface area (Å²) in [4.78, 5) is 4.20. The smallest absolute Gasteiger partial charge is 0.388 e. The first-order valence-corrected chi connectivity index (χ1v) is 10.2.